The van der Waals surface area contributed by atoms with Crippen molar-refractivity contribution in [1.29, 1.82) is 0 Å². The van der Waals surface area contributed by atoms with E-state index in [0.29, 0.717) is 0 Å². The Labute approximate surface area is 105 Å². The summed E-state index contributed by atoms with van der Waals surface area (Å²) in [4.78, 5) is 11.6. The Bertz CT molecular complexity index is 634. The van der Waals surface area contributed by atoms with E-state index in [4.69, 9.17) is 0 Å². The van der Waals surface area contributed by atoms with Crippen LogP contribution >= 0.6 is 0 Å². The van der Waals surface area contributed by atoms with E-state index in [-0.39, 0.29) is 0 Å². The number of carboxylic acid groups (broad SMARTS) is 1. The van der Waals surface area contributed by atoms with Gasteiger partial charge >= 0.3 is 5.97 Å². The predicted molar refractivity (Wildman–Crippen MR) is 70.4 cm³/mol. The van der Waals surface area contributed by atoms with Crippen LogP contribution in [0.15, 0.2) is 42.5 Å². The first-order valence-electron chi connectivity index (χ1n) is 5.87. The number of fused-ring (bicyclic) bond motifs is 2. The zero-order valence-corrected chi connectivity index (χ0v) is 9.97. The van der Waals surface area contributed by atoms with Gasteiger partial charge in [0.2, 0.25) is 0 Å². The summed E-state index contributed by atoms with van der Waals surface area (Å²) < 4.78 is 0. The first kappa shape index (κ1) is 10.8. The molecule has 0 saturated heterocycles. The summed E-state index contributed by atoms with van der Waals surface area (Å²) in [6.07, 6.45) is 0. The van der Waals surface area contributed by atoms with Gasteiger partial charge in [0.05, 0.1) is 0 Å². The fourth-order valence-electron chi connectivity index (χ4n) is 2.59. The van der Waals surface area contributed by atoms with Crippen LogP contribution < -0.4 is 5.32 Å². The highest BCUT2D eigenvalue weighted by Crippen LogP contribution is 2.42. The van der Waals surface area contributed by atoms with Gasteiger partial charge in [-0.3, -0.25) is 4.79 Å². The van der Waals surface area contributed by atoms with Crippen molar-refractivity contribution in [3.05, 3.63) is 59.2 Å². The maximum Gasteiger partial charge on any atom is 0.315 e. The van der Waals surface area contributed by atoms with E-state index in [1.807, 2.05) is 49.4 Å². The second kappa shape index (κ2) is 3.88. The van der Waals surface area contributed by atoms with Gasteiger partial charge in [0.15, 0.2) is 0 Å². The number of aryl methyl sites for hydroxylation is 1. The number of carboxylic acids is 1. The second-order valence-corrected chi connectivity index (χ2v) is 4.52. The molecular formula is C15H13NO2. The normalized spacial score (nSPS) is 16.4. The van der Waals surface area contributed by atoms with Crippen molar-refractivity contribution in [3.8, 4) is 0 Å². The van der Waals surface area contributed by atoms with Crippen molar-refractivity contribution >= 4 is 17.3 Å². The van der Waals surface area contributed by atoms with Gasteiger partial charge in [0.1, 0.15) is 5.92 Å². The molecule has 1 aliphatic rings. The summed E-state index contributed by atoms with van der Waals surface area (Å²) in [6.45, 7) is 1.95. The third-order valence-electron chi connectivity index (χ3n) is 3.40. The molecule has 1 atom stereocenters. The highest BCUT2D eigenvalue weighted by atomic mass is 16.4. The first-order valence-corrected chi connectivity index (χ1v) is 5.87. The maximum absolute atomic E-state index is 11.6. The zero-order valence-electron chi connectivity index (χ0n) is 9.97. The summed E-state index contributed by atoms with van der Waals surface area (Å²) in [5, 5.41) is 12.8. The number of benzene rings is 2. The van der Waals surface area contributed by atoms with Crippen molar-refractivity contribution in [2.75, 3.05) is 5.32 Å². The standard InChI is InChI=1S/C15H13NO2/c1-9-5-4-8-12-13(9)14(15(17)18)10-6-2-3-7-11(10)16-12/h2-8,14,16H,1H3,(H,17,18). The van der Waals surface area contributed by atoms with Gasteiger partial charge in [-0.15, -0.1) is 0 Å². The summed E-state index contributed by atoms with van der Waals surface area (Å²) in [6, 6.07) is 13.4. The number of nitrogens with one attached hydrogen (secondary N) is 1. The molecule has 3 nitrogen and oxygen atoms in total. The zero-order chi connectivity index (χ0) is 12.7. The van der Waals surface area contributed by atoms with E-state index in [1.54, 1.807) is 0 Å². The van der Waals surface area contributed by atoms with Crippen LogP contribution in [0.4, 0.5) is 11.4 Å². The monoisotopic (exact) mass is 239 g/mol. The van der Waals surface area contributed by atoms with Gasteiger partial charge in [-0.2, -0.15) is 0 Å². The molecule has 0 aromatic heterocycles. The van der Waals surface area contributed by atoms with Gasteiger partial charge in [-0.05, 0) is 35.7 Å². The molecule has 0 saturated carbocycles. The highest BCUT2D eigenvalue weighted by molar-refractivity contribution is 5.90. The quantitative estimate of drug-likeness (QED) is 0.803. The van der Waals surface area contributed by atoms with Gasteiger partial charge < -0.3 is 10.4 Å². The van der Waals surface area contributed by atoms with Crippen LogP contribution in [0.3, 0.4) is 0 Å². The Morgan fingerprint density at radius 2 is 1.83 bits per heavy atom. The molecule has 0 aliphatic carbocycles. The summed E-state index contributed by atoms with van der Waals surface area (Å²) in [5.74, 6) is -1.39. The third-order valence-corrected chi connectivity index (χ3v) is 3.40. The minimum Gasteiger partial charge on any atom is -0.481 e. The molecule has 0 amide bonds. The molecule has 1 unspecified atom stereocenters. The minimum atomic E-state index is -0.806. The van der Waals surface area contributed by atoms with Gasteiger partial charge in [-0.25, -0.2) is 0 Å². The molecule has 2 aromatic carbocycles. The molecule has 18 heavy (non-hydrogen) atoms. The molecule has 0 spiro atoms. The first-order chi connectivity index (χ1) is 8.68. The van der Waals surface area contributed by atoms with Crippen LogP contribution in [-0.4, -0.2) is 11.1 Å². The average molecular weight is 239 g/mol. The SMILES string of the molecule is Cc1cccc2c1C(C(=O)O)c1ccccc1N2. The largest absolute Gasteiger partial charge is 0.481 e. The van der Waals surface area contributed by atoms with Crippen molar-refractivity contribution in [1.82, 2.24) is 0 Å². The highest BCUT2D eigenvalue weighted by Gasteiger charge is 2.31. The number of rotatable bonds is 1. The third kappa shape index (κ3) is 1.48. The molecule has 0 fully saturated rings. The van der Waals surface area contributed by atoms with Crippen LogP contribution in [0, 0.1) is 6.92 Å². The molecule has 0 bridgehead atoms. The molecule has 0 radical (unpaired) electrons. The Hall–Kier alpha value is -2.29. The summed E-state index contributed by atoms with van der Waals surface area (Å²) in [7, 11) is 0. The van der Waals surface area contributed by atoms with Crippen LogP contribution in [0.1, 0.15) is 22.6 Å². The number of carbonyl (C=O) groups is 1. The Balaban J connectivity index is 2.28. The van der Waals surface area contributed by atoms with E-state index in [0.717, 1.165) is 28.1 Å². The summed E-state index contributed by atoms with van der Waals surface area (Å²) >= 11 is 0. The van der Waals surface area contributed by atoms with Gasteiger partial charge in [0.25, 0.3) is 0 Å². The molecule has 2 N–H and O–H groups in total. The number of para-hydroxylation sites is 1. The van der Waals surface area contributed by atoms with Crippen molar-refractivity contribution in [2.24, 2.45) is 0 Å². The molecule has 2 aromatic rings. The molecule has 1 aliphatic heterocycles. The molecule has 3 rings (SSSR count). The van der Waals surface area contributed by atoms with Crippen molar-refractivity contribution < 1.29 is 9.90 Å². The van der Waals surface area contributed by atoms with Gasteiger partial charge in [0, 0.05) is 11.4 Å². The van der Waals surface area contributed by atoms with E-state index in [9.17, 15) is 9.90 Å². The van der Waals surface area contributed by atoms with Crippen LogP contribution in [-0.2, 0) is 4.79 Å². The number of aliphatic carboxylic acids is 1. The summed E-state index contributed by atoms with van der Waals surface area (Å²) in [5.41, 5.74) is 4.46. The maximum atomic E-state index is 11.6. The van der Waals surface area contributed by atoms with E-state index in [2.05, 4.69) is 5.32 Å². The van der Waals surface area contributed by atoms with Crippen molar-refractivity contribution in [2.45, 2.75) is 12.8 Å². The Kier molecular flexibility index (Phi) is 2.33. The lowest BCUT2D eigenvalue weighted by Gasteiger charge is -2.28. The lowest BCUT2D eigenvalue weighted by Crippen LogP contribution is -2.21. The lowest BCUT2D eigenvalue weighted by atomic mass is 9.83. The molecule has 3 heteroatoms. The predicted octanol–water partition coefficient (Wildman–Crippen LogP) is 3.27. The lowest BCUT2D eigenvalue weighted by molar-refractivity contribution is -0.137. The van der Waals surface area contributed by atoms with E-state index >= 15 is 0 Å². The molecular weight excluding hydrogens is 226 g/mol. The van der Waals surface area contributed by atoms with Crippen LogP contribution in [0.5, 0.6) is 0 Å². The average Bonchev–Trinajstić information content (AvgIpc) is 2.36. The minimum absolute atomic E-state index is 0.585. The topological polar surface area (TPSA) is 49.3 Å². The fourth-order valence-corrected chi connectivity index (χ4v) is 2.59. The van der Waals surface area contributed by atoms with E-state index < -0.39 is 11.9 Å². The van der Waals surface area contributed by atoms with Gasteiger partial charge in [-0.1, -0.05) is 30.3 Å². The fraction of sp³-hybridized carbons (Fsp3) is 0.133. The molecule has 1 heterocycles. The molecule has 90 valence electrons. The van der Waals surface area contributed by atoms with E-state index in [1.165, 1.54) is 0 Å². The number of hydrogen-bond donors (Lipinski definition) is 2. The number of anilines is 2. The number of hydrogen-bond acceptors (Lipinski definition) is 2. The smallest absolute Gasteiger partial charge is 0.315 e. The van der Waals surface area contributed by atoms with Crippen LogP contribution in [0.2, 0.25) is 0 Å². The Morgan fingerprint density at radius 1 is 1.11 bits per heavy atom. The van der Waals surface area contributed by atoms with Crippen LogP contribution in [0.25, 0.3) is 0 Å². The van der Waals surface area contributed by atoms with Crippen molar-refractivity contribution in [3.63, 3.8) is 0 Å². The second-order valence-electron chi connectivity index (χ2n) is 4.52. The Morgan fingerprint density at radius 3 is 2.61 bits per heavy atom.